The molecule has 2 aromatic carbocycles. The van der Waals surface area contributed by atoms with Crippen molar-refractivity contribution < 1.29 is 17.9 Å². The Morgan fingerprint density at radius 1 is 1.04 bits per heavy atom. The lowest BCUT2D eigenvalue weighted by molar-refractivity contribution is 0.0954. The highest BCUT2D eigenvalue weighted by Crippen LogP contribution is 2.26. The Balaban J connectivity index is 1.77. The van der Waals surface area contributed by atoms with Crippen molar-refractivity contribution in [3.63, 3.8) is 0 Å². The average molecular weight is 401 g/mol. The number of nitrogens with one attached hydrogen (secondary N) is 2. The van der Waals surface area contributed by atoms with Crippen molar-refractivity contribution in [2.45, 2.75) is 37.0 Å². The SMILES string of the molecule is COc1ccccc1NS(=O)(=O)c1cccc(C(=O)NN=C2CCCCC2)c1. The molecule has 1 aliphatic rings. The topological polar surface area (TPSA) is 96.9 Å². The number of carbonyl (C=O) groups is 1. The fourth-order valence-corrected chi connectivity index (χ4v) is 4.12. The number of nitrogens with zero attached hydrogens (tertiary/aromatic N) is 1. The van der Waals surface area contributed by atoms with Crippen LogP contribution in [-0.4, -0.2) is 27.1 Å². The van der Waals surface area contributed by atoms with Crippen molar-refractivity contribution in [2.75, 3.05) is 11.8 Å². The van der Waals surface area contributed by atoms with Gasteiger partial charge in [0.15, 0.2) is 0 Å². The Labute approximate surface area is 164 Å². The summed E-state index contributed by atoms with van der Waals surface area (Å²) in [6.45, 7) is 0. The zero-order valence-corrected chi connectivity index (χ0v) is 16.5. The van der Waals surface area contributed by atoms with E-state index in [4.69, 9.17) is 4.74 Å². The van der Waals surface area contributed by atoms with Crippen molar-refractivity contribution in [2.24, 2.45) is 5.10 Å². The van der Waals surface area contributed by atoms with E-state index in [9.17, 15) is 13.2 Å². The predicted octanol–water partition coefficient (Wildman–Crippen LogP) is 3.55. The number of benzene rings is 2. The molecular formula is C20H23N3O4S. The maximum atomic E-state index is 12.7. The van der Waals surface area contributed by atoms with Crippen LogP contribution in [-0.2, 0) is 10.0 Å². The van der Waals surface area contributed by atoms with E-state index >= 15 is 0 Å². The highest BCUT2D eigenvalue weighted by Gasteiger charge is 2.18. The molecule has 0 saturated heterocycles. The van der Waals surface area contributed by atoms with E-state index in [2.05, 4.69) is 15.2 Å². The van der Waals surface area contributed by atoms with Crippen LogP contribution in [0, 0.1) is 0 Å². The Hall–Kier alpha value is -2.87. The standard InChI is InChI=1S/C20H23N3O4S/c1-27-19-13-6-5-12-18(19)23-28(25,26)17-11-7-8-15(14-17)20(24)22-21-16-9-3-2-4-10-16/h5-8,11-14,23H,2-4,9-10H2,1H3,(H,22,24). The first kappa shape index (κ1) is 19.9. The summed E-state index contributed by atoms with van der Waals surface area (Å²) in [4.78, 5) is 12.4. The second-order valence-corrected chi connectivity index (χ2v) is 8.20. The monoisotopic (exact) mass is 401 g/mol. The van der Waals surface area contributed by atoms with Crippen LogP contribution in [0.2, 0.25) is 0 Å². The van der Waals surface area contributed by atoms with Gasteiger partial charge >= 0.3 is 0 Å². The first-order valence-electron chi connectivity index (χ1n) is 9.11. The minimum Gasteiger partial charge on any atom is -0.495 e. The van der Waals surface area contributed by atoms with Gasteiger partial charge in [-0.1, -0.05) is 24.6 Å². The molecule has 0 spiro atoms. The molecule has 0 radical (unpaired) electrons. The number of hydrogen-bond donors (Lipinski definition) is 2. The van der Waals surface area contributed by atoms with Gasteiger partial charge in [0.2, 0.25) is 0 Å². The minimum absolute atomic E-state index is 0.0172. The lowest BCUT2D eigenvalue weighted by atomic mass is 9.99. The van der Waals surface area contributed by atoms with Crippen LogP contribution in [0.25, 0.3) is 0 Å². The molecule has 148 valence electrons. The molecule has 2 N–H and O–H groups in total. The molecule has 2 aromatic rings. The maximum Gasteiger partial charge on any atom is 0.271 e. The quantitative estimate of drug-likeness (QED) is 0.724. The molecule has 1 fully saturated rings. The number of sulfonamides is 1. The highest BCUT2D eigenvalue weighted by molar-refractivity contribution is 7.92. The van der Waals surface area contributed by atoms with E-state index in [1.54, 1.807) is 30.3 Å². The van der Waals surface area contributed by atoms with Gasteiger partial charge in [0.1, 0.15) is 5.75 Å². The number of methoxy groups -OCH3 is 1. The van der Waals surface area contributed by atoms with Gasteiger partial charge in [0, 0.05) is 11.3 Å². The average Bonchev–Trinajstić information content (AvgIpc) is 2.73. The molecule has 1 saturated carbocycles. The van der Waals surface area contributed by atoms with Gasteiger partial charge in [0.05, 0.1) is 17.7 Å². The number of carbonyl (C=O) groups excluding carboxylic acids is 1. The van der Waals surface area contributed by atoms with Crippen molar-refractivity contribution in [1.29, 1.82) is 0 Å². The van der Waals surface area contributed by atoms with E-state index in [0.29, 0.717) is 11.4 Å². The summed E-state index contributed by atoms with van der Waals surface area (Å²) in [6, 6.07) is 12.6. The summed E-state index contributed by atoms with van der Waals surface area (Å²) in [5, 5.41) is 4.18. The van der Waals surface area contributed by atoms with Gasteiger partial charge in [-0.15, -0.1) is 0 Å². The molecule has 0 unspecified atom stereocenters. The number of rotatable bonds is 6. The van der Waals surface area contributed by atoms with Gasteiger partial charge in [-0.05, 0) is 56.0 Å². The summed E-state index contributed by atoms with van der Waals surface area (Å²) < 4.78 is 33.1. The number of amides is 1. The summed E-state index contributed by atoms with van der Waals surface area (Å²) >= 11 is 0. The minimum atomic E-state index is -3.88. The van der Waals surface area contributed by atoms with Crippen molar-refractivity contribution >= 4 is 27.3 Å². The molecular weight excluding hydrogens is 378 g/mol. The number of para-hydroxylation sites is 2. The molecule has 8 heteroatoms. The Bertz CT molecular complexity index is 978. The predicted molar refractivity (Wildman–Crippen MR) is 108 cm³/mol. The second-order valence-electron chi connectivity index (χ2n) is 6.51. The number of anilines is 1. The van der Waals surface area contributed by atoms with Crippen LogP contribution < -0.4 is 14.9 Å². The normalized spacial score (nSPS) is 14.2. The number of ether oxygens (including phenoxy) is 1. The van der Waals surface area contributed by atoms with Crippen LogP contribution in [0.3, 0.4) is 0 Å². The van der Waals surface area contributed by atoms with Crippen molar-refractivity contribution in [1.82, 2.24) is 5.43 Å². The van der Waals surface area contributed by atoms with Crippen LogP contribution in [0.5, 0.6) is 5.75 Å². The molecule has 28 heavy (non-hydrogen) atoms. The van der Waals surface area contributed by atoms with E-state index in [0.717, 1.165) is 31.4 Å². The summed E-state index contributed by atoms with van der Waals surface area (Å²) in [6.07, 6.45) is 5.12. The van der Waals surface area contributed by atoms with E-state index in [1.165, 1.54) is 31.7 Å². The van der Waals surface area contributed by atoms with Gasteiger partial charge in [-0.25, -0.2) is 13.8 Å². The first-order chi connectivity index (χ1) is 13.5. The molecule has 0 bridgehead atoms. The van der Waals surface area contributed by atoms with Gasteiger partial charge in [-0.3, -0.25) is 9.52 Å². The Morgan fingerprint density at radius 3 is 2.54 bits per heavy atom. The zero-order chi connectivity index (χ0) is 20.0. The third-order valence-electron chi connectivity index (χ3n) is 4.50. The summed E-state index contributed by atoms with van der Waals surface area (Å²) in [7, 11) is -2.42. The molecule has 0 aromatic heterocycles. The van der Waals surface area contributed by atoms with Gasteiger partial charge in [0.25, 0.3) is 15.9 Å². The number of hydrogen-bond acceptors (Lipinski definition) is 5. The lowest BCUT2D eigenvalue weighted by Gasteiger charge is -2.13. The van der Waals surface area contributed by atoms with E-state index in [1.807, 2.05) is 0 Å². The molecule has 0 atom stereocenters. The van der Waals surface area contributed by atoms with Gasteiger partial charge < -0.3 is 4.74 Å². The molecule has 0 heterocycles. The Morgan fingerprint density at radius 2 is 1.79 bits per heavy atom. The molecule has 7 nitrogen and oxygen atoms in total. The largest absolute Gasteiger partial charge is 0.495 e. The summed E-state index contributed by atoms with van der Waals surface area (Å²) in [5.41, 5.74) is 4.05. The fraction of sp³-hybridized carbons (Fsp3) is 0.300. The van der Waals surface area contributed by atoms with Crippen LogP contribution in [0.1, 0.15) is 42.5 Å². The molecule has 0 aliphatic heterocycles. The van der Waals surface area contributed by atoms with Crippen LogP contribution >= 0.6 is 0 Å². The molecule has 1 amide bonds. The van der Waals surface area contributed by atoms with Gasteiger partial charge in [-0.2, -0.15) is 5.10 Å². The van der Waals surface area contributed by atoms with Crippen molar-refractivity contribution in [3.05, 3.63) is 54.1 Å². The van der Waals surface area contributed by atoms with Crippen LogP contribution in [0.15, 0.2) is 58.5 Å². The third kappa shape index (κ3) is 4.89. The van der Waals surface area contributed by atoms with E-state index < -0.39 is 15.9 Å². The Kier molecular flexibility index (Phi) is 6.30. The zero-order valence-electron chi connectivity index (χ0n) is 15.6. The molecule has 3 rings (SSSR count). The lowest BCUT2D eigenvalue weighted by Crippen LogP contribution is -2.21. The third-order valence-corrected chi connectivity index (χ3v) is 5.87. The number of hydrazone groups is 1. The van der Waals surface area contributed by atoms with E-state index in [-0.39, 0.29) is 10.5 Å². The second kappa shape index (κ2) is 8.88. The fourth-order valence-electron chi connectivity index (χ4n) is 3.00. The van der Waals surface area contributed by atoms with Crippen LogP contribution in [0.4, 0.5) is 5.69 Å². The maximum absolute atomic E-state index is 12.7. The summed E-state index contributed by atoms with van der Waals surface area (Å²) in [5.74, 6) is -0.0318. The van der Waals surface area contributed by atoms with Crippen molar-refractivity contribution in [3.8, 4) is 5.75 Å². The smallest absolute Gasteiger partial charge is 0.271 e. The first-order valence-corrected chi connectivity index (χ1v) is 10.6. The molecule has 1 aliphatic carbocycles. The highest BCUT2D eigenvalue weighted by atomic mass is 32.2.